The van der Waals surface area contributed by atoms with Crippen LogP contribution in [0.4, 0.5) is 29.0 Å². The van der Waals surface area contributed by atoms with Crippen molar-refractivity contribution in [2.24, 2.45) is 10.2 Å². The molecule has 0 amide bonds. The topological polar surface area (TPSA) is 274 Å². The zero-order chi connectivity index (χ0) is 32.3. The van der Waals surface area contributed by atoms with E-state index in [0.29, 0.717) is 6.54 Å². The van der Waals surface area contributed by atoms with Crippen LogP contribution in [0.3, 0.4) is 0 Å². The third-order valence-corrected chi connectivity index (χ3v) is 8.13. The third kappa shape index (κ3) is 8.98. The van der Waals surface area contributed by atoms with E-state index in [9.17, 15) is 39.2 Å². The van der Waals surface area contributed by atoms with Crippen LogP contribution in [0.15, 0.2) is 90.8 Å². The number of anilines is 4. The highest BCUT2D eigenvalue weighted by Gasteiger charge is 2.19. The Morgan fingerprint density at radius 3 is 2.20 bits per heavy atom. The lowest BCUT2D eigenvalue weighted by atomic mass is 10.2. The molecular formula is C23H24N8O10S3. The van der Waals surface area contributed by atoms with Crippen molar-refractivity contribution in [1.29, 1.82) is 0 Å². The molecular weight excluding hydrogens is 645 g/mol. The molecule has 1 aromatic heterocycles. The van der Waals surface area contributed by atoms with Gasteiger partial charge >= 0.3 is 5.69 Å². The number of likely N-dealkylation sites (N-methyl/N-ethyl adjacent to an activating group) is 1. The Labute approximate surface area is 250 Å². The van der Waals surface area contributed by atoms with E-state index in [2.05, 4.69) is 35.8 Å². The lowest BCUT2D eigenvalue weighted by Crippen LogP contribution is -2.24. The van der Waals surface area contributed by atoms with Gasteiger partial charge in [0, 0.05) is 24.1 Å². The normalized spacial score (nSPS) is 14.3. The van der Waals surface area contributed by atoms with Gasteiger partial charge in [-0.2, -0.15) is 40.3 Å². The van der Waals surface area contributed by atoms with Gasteiger partial charge in [0.05, 0.1) is 17.1 Å². The first kappa shape index (κ1) is 32.4. The van der Waals surface area contributed by atoms with E-state index in [1.54, 1.807) is 11.8 Å². The number of aromatic nitrogens is 3. The van der Waals surface area contributed by atoms with Gasteiger partial charge < -0.3 is 15.5 Å². The van der Waals surface area contributed by atoms with Gasteiger partial charge in [-0.25, -0.2) is 4.79 Å². The molecule has 1 aliphatic heterocycles. The van der Waals surface area contributed by atoms with Gasteiger partial charge in [0.15, 0.2) is 0 Å². The average molecular weight is 669 g/mol. The summed E-state index contributed by atoms with van der Waals surface area (Å²) in [6, 6.07) is 8.29. The maximum Gasteiger partial charge on any atom is 0.351 e. The first-order valence-corrected chi connectivity index (χ1v) is 16.7. The predicted octanol–water partition coefficient (Wildman–Crippen LogP) is 2.22. The van der Waals surface area contributed by atoms with E-state index in [1.807, 2.05) is 0 Å². The maximum atomic E-state index is 12.2. The number of allylic oxidation sites excluding steroid dienone is 1. The largest absolute Gasteiger partial charge is 0.371 e. The summed E-state index contributed by atoms with van der Waals surface area (Å²) in [6.07, 6.45) is 2.90. The fraction of sp³-hybridized carbons (Fsp3) is 0.174. The monoisotopic (exact) mass is 668 g/mol. The highest BCUT2D eigenvalue weighted by molar-refractivity contribution is 7.86. The Kier molecular flexibility index (Phi) is 9.27. The summed E-state index contributed by atoms with van der Waals surface area (Å²) >= 11 is 0. The van der Waals surface area contributed by atoms with E-state index in [1.165, 1.54) is 36.5 Å². The van der Waals surface area contributed by atoms with E-state index in [0.717, 1.165) is 18.2 Å². The third-order valence-electron chi connectivity index (χ3n) is 5.67. The highest BCUT2D eigenvalue weighted by atomic mass is 32.2. The van der Waals surface area contributed by atoms with Crippen molar-refractivity contribution in [3.05, 3.63) is 76.5 Å². The Bertz CT molecular complexity index is 2060. The van der Waals surface area contributed by atoms with Gasteiger partial charge in [-0.05, 0) is 61.0 Å². The van der Waals surface area contributed by atoms with Crippen LogP contribution in [0.2, 0.25) is 0 Å². The predicted molar refractivity (Wildman–Crippen MR) is 156 cm³/mol. The standard InChI is InChI=1S/C23H24N8O10S3/c1-2-31-11-14(13-42(33,34)35)9-17(12-31)29-30-19-10-16(5-8-20(19)44(39,40)41)25-22-26-21(27-23(32)28-22)24-15-3-6-18(7-4-15)43(36,37)38/h3-11H,2,12-13H2,1H3,(H,33,34,35)(H,36,37,38)(H,39,40,41)(H3,24,25,26,27,28,32). The molecule has 2 heterocycles. The number of H-pyrrole nitrogens is 1. The molecule has 0 bridgehead atoms. The summed E-state index contributed by atoms with van der Waals surface area (Å²) in [7, 11) is -13.5. The summed E-state index contributed by atoms with van der Waals surface area (Å²) in [5, 5.41) is 13.4. The van der Waals surface area contributed by atoms with Crippen molar-refractivity contribution in [3.63, 3.8) is 0 Å². The van der Waals surface area contributed by atoms with Gasteiger partial charge in [0.25, 0.3) is 30.4 Å². The molecule has 0 atom stereocenters. The number of hydrogen-bond acceptors (Lipinski definition) is 14. The van der Waals surface area contributed by atoms with Gasteiger partial charge in [-0.1, -0.05) is 0 Å². The summed E-state index contributed by atoms with van der Waals surface area (Å²) in [4.78, 5) is 23.0. The molecule has 0 aliphatic carbocycles. The molecule has 44 heavy (non-hydrogen) atoms. The van der Waals surface area contributed by atoms with Gasteiger partial charge in [0.2, 0.25) is 11.9 Å². The van der Waals surface area contributed by atoms with Crippen molar-refractivity contribution < 1.29 is 38.9 Å². The maximum absolute atomic E-state index is 12.2. The van der Waals surface area contributed by atoms with Crippen LogP contribution >= 0.6 is 0 Å². The smallest absolute Gasteiger partial charge is 0.351 e. The number of benzene rings is 2. The second-order valence-electron chi connectivity index (χ2n) is 9.06. The van der Waals surface area contributed by atoms with E-state index < -0.39 is 46.7 Å². The minimum Gasteiger partial charge on any atom is -0.371 e. The lowest BCUT2D eigenvalue weighted by molar-refractivity contribution is 0.417. The summed E-state index contributed by atoms with van der Waals surface area (Å²) in [5.41, 5.74) is -0.292. The minimum atomic E-state index is -4.77. The number of nitrogens with one attached hydrogen (secondary N) is 3. The van der Waals surface area contributed by atoms with Gasteiger partial charge in [0.1, 0.15) is 16.3 Å². The Morgan fingerprint density at radius 2 is 1.59 bits per heavy atom. The van der Waals surface area contributed by atoms with Crippen LogP contribution in [0.1, 0.15) is 6.92 Å². The molecule has 3 aromatic rings. The molecule has 6 N–H and O–H groups in total. The molecule has 234 valence electrons. The quantitative estimate of drug-likeness (QED) is 0.126. The van der Waals surface area contributed by atoms with Crippen molar-refractivity contribution in [2.75, 3.05) is 29.5 Å². The molecule has 18 nitrogen and oxygen atoms in total. The van der Waals surface area contributed by atoms with Gasteiger partial charge in [-0.15, -0.1) is 5.11 Å². The minimum absolute atomic E-state index is 0.143. The van der Waals surface area contributed by atoms with Crippen molar-refractivity contribution in [2.45, 2.75) is 16.7 Å². The number of rotatable bonds is 11. The lowest BCUT2D eigenvalue weighted by Gasteiger charge is -2.23. The number of nitrogens with zero attached hydrogens (tertiary/aromatic N) is 5. The van der Waals surface area contributed by atoms with Crippen LogP contribution in [-0.4, -0.2) is 77.6 Å². The van der Waals surface area contributed by atoms with Crippen LogP contribution in [0.5, 0.6) is 0 Å². The van der Waals surface area contributed by atoms with Crippen LogP contribution in [-0.2, 0) is 30.4 Å². The Morgan fingerprint density at radius 1 is 0.909 bits per heavy atom. The van der Waals surface area contributed by atoms with Crippen LogP contribution < -0.4 is 16.3 Å². The molecule has 0 spiro atoms. The summed E-state index contributed by atoms with van der Waals surface area (Å²) in [5.74, 6) is -1.04. The fourth-order valence-corrected chi connectivity index (χ4v) is 5.49. The molecule has 1 aliphatic rings. The van der Waals surface area contributed by atoms with E-state index in [4.69, 9.17) is 4.55 Å². The molecule has 0 saturated carbocycles. The van der Waals surface area contributed by atoms with Gasteiger partial charge in [-0.3, -0.25) is 18.6 Å². The molecule has 2 aromatic carbocycles. The number of hydrogen-bond donors (Lipinski definition) is 6. The van der Waals surface area contributed by atoms with Crippen molar-refractivity contribution in [1.82, 2.24) is 19.9 Å². The molecule has 0 radical (unpaired) electrons. The second kappa shape index (κ2) is 12.6. The van der Waals surface area contributed by atoms with Crippen molar-refractivity contribution >= 4 is 59.3 Å². The number of aromatic amines is 1. The van der Waals surface area contributed by atoms with E-state index >= 15 is 0 Å². The Balaban J connectivity index is 1.62. The summed E-state index contributed by atoms with van der Waals surface area (Å²) in [6.45, 7) is 2.44. The van der Waals surface area contributed by atoms with E-state index in [-0.39, 0.29) is 51.7 Å². The fourth-order valence-electron chi connectivity index (χ4n) is 3.82. The summed E-state index contributed by atoms with van der Waals surface area (Å²) < 4.78 is 97.2. The molecule has 21 heteroatoms. The Hall–Kier alpha value is -4.54. The molecule has 0 fully saturated rings. The molecule has 0 saturated heterocycles. The zero-order valence-corrected chi connectivity index (χ0v) is 24.9. The van der Waals surface area contributed by atoms with Crippen molar-refractivity contribution in [3.8, 4) is 0 Å². The molecule has 0 unspecified atom stereocenters. The molecule has 4 rings (SSSR count). The first-order valence-electron chi connectivity index (χ1n) is 12.2. The average Bonchev–Trinajstić information content (AvgIpc) is 2.89. The zero-order valence-electron chi connectivity index (χ0n) is 22.5. The second-order valence-corrected chi connectivity index (χ2v) is 13.3. The SMILES string of the molecule is CCN1C=C(CS(=O)(=O)O)C=C(N=Nc2cc(Nc3nc(Nc4ccc(S(=O)(=O)O)cc4)nc(=O)[nH]3)ccc2S(=O)(=O)O)C1. The highest BCUT2D eigenvalue weighted by Crippen LogP contribution is 2.30. The number of azo groups is 1. The van der Waals surface area contributed by atoms with Crippen LogP contribution in [0.25, 0.3) is 0 Å². The first-order chi connectivity index (χ1) is 20.5. The van der Waals surface area contributed by atoms with Crippen LogP contribution in [0, 0.1) is 0 Å².